The summed E-state index contributed by atoms with van der Waals surface area (Å²) in [6.45, 7) is 4.14. The fourth-order valence-corrected chi connectivity index (χ4v) is 11.3. The monoisotopic (exact) mass is 1590 g/mol. The van der Waals surface area contributed by atoms with E-state index in [-0.39, 0.29) is 25.7 Å². The van der Waals surface area contributed by atoms with E-state index in [2.05, 4.69) is 228 Å². The molecule has 0 aliphatic carbocycles. The van der Waals surface area contributed by atoms with Gasteiger partial charge in [-0.1, -0.05) is 296 Å². The zero-order valence-electron chi connectivity index (χ0n) is 68.5. The van der Waals surface area contributed by atoms with Crippen molar-refractivity contribution in [2.45, 2.75) is 277 Å². The first-order valence-electron chi connectivity index (χ1n) is 41.3. The lowest BCUT2D eigenvalue weighted by atomic mass is 10.1. The molecule has 5 unspecified atom stereocenters. The van der Waals surface area contributed by atoms with Crippen LogP contribution in [0.5, 0.6) is 0 Å². The average Bonchev–Trinajstić information content (AvgIpc) is 0.898. The number of esters is 4. The molecule has 5 atom stereocenters. The molecule has 3 N–H and O–H groups in total. The first-order valence-corrected chi connectivity index (χ1v) is 44.3. The molecule has 0 rings (SSSR count). The zero-order chi connectivity index (χ0) is 81.7. The van der Waals surface area contributed by atoms with Crippen molar-refractivity contribution in [3.8, 4) is 0 Å². The minimum atomic E-state index is -5.03. The van der Waals surface area contributed by atoms with Gasteiger partial charge < -0.3 is 33.8 Å². The third kappa shape index (κ3) is 80.9. The lowest BCUT2D eigenvalue weighted by molar-refractivity contribution is -0.161. The van der Waals surface area contributed by atoms with Gasteiger partial charge >= 0.3 is 39.5 Å². The molecule has 0 heterocycles. The van der Waals surface area contributed by atoms with Crippen molar-refractivity contribution in [2.75, 3.05) is 39.6 Å². The molecule has 17 nitrogen and oxygen atoms in total. The van der Waals surface area contributed by atoms with Gasteiger partial charge in [-0.3, -0.25) is 37.3 Å². The normalized spacial score (nSPS) is 15.0. The molecule has 0 aromatic heterocycles. The summed E-state index contributed by atoms with van der Waals surface area (Å²) in [5, 5.41) is 10.7. The first kappa shape index (κ1) is 105. The Labute approximate surface area is 676 Å². The fourth-order valence-electron chi connectivity index (χ4n) is 9.72. The van der Waals surface area contributed by atoms with Crippen molar-refractivity contribution in [2.24, 2.45) is 0 Å². The van der Waals surface area contributed by atoms with Gasteiger partial charge in [0.1, 0.15) is 19.3 Å². The summed E-state index contributed by atoms with van der Waals surface area (Å²) in [6, 6.07) is 0. The maximum atomic E-state index is 13.1. The van der Waals surface area contributed by atoms with Crippen LogP contribution in [0.15, 0.2) is 243 Å². The first-order chi connectivity index (χ1) is 54.7. The molecule has 0 radical (unpaired) electrons. The molecule has 19 heteroatoms. The number of unbranched alkanes of at least 4 members (excludes halogenated alkanes) is 8. The molecule has 0 spiro atoms. The number of carbonyl (C=O) groups is 4. The lowest BCUT2D eigenvalue weighted by Gasteiger charge is -2.21. The summed E-state index contributed by atoms with van der Waals surface area (Å²) < 4.78 is 68.5. The molecule has 0 saturated heterocycles. The number of hydrogen-bond acceptors (Lipinski definition) is 15. The van der Waals surface area contributed by atoms with Crippen LogP contribution in [0.25, 0.3) is 0 Å². The molecule has 0 aliphatic heterocycles. The van der Waals surface area contributed by atoms with Crippen LogP contribution < -0.4 is 0 Å². The van der Waals surface area contributed by atoms with Crippen LogP contribution in [0.4, 0.5) is 0 Å². The third-order valence-electron chi connectivity index (χ3n) is 15.8. The molecule has 0 fully saturated rings. The number of ether oxygens (including phenoxy) is 4. The van der Waals surface area contributed by atoms with Gasteiger partial charge in [-0.2, -0.15) is 0 Å². The Morgan fingerprint density at radius 1 is 0.250 bits per heavy atom. The van der Waals surface area contributed by atoms with Crippen LogP contribution in [0, 0.1) is 0 Å². The minimum Gasteiger partial charge on any atom is -0.462 e. The molecule has 0 bridgehead atoms. The average molecular weight is 1590 g/mol. The minimum absolute atomic E-state index is 0.0136. The van der Waals surface area contributed by atoms with Crippen LogP contribution >= 0.6 is 15.6 Å². The van der Waals surface area contributed by atoms with E-state index in [0.29, 0.717) is 44.9 Å². The number of carbonyl (C=O) groups excluding carboxylic acids is 4. The highest BCUT2D eigenvalue weighted by Crippen LogP contribution is 2.45. The summed E-state index contributed by atoms with van der Waals surface area (Å²) in [7, 11) is -10.1. The van der Waals surface area contributed by atoms with Crippen LogP contribution in [0.2, 0.25) is 0 Å². The predicted octanol–water partition coefficient (Wildman–Crippen LogP) is 24.8. The van der Waals surface area contributed by atoms with Crippen LogP contribution in [0.1, 0.15) is 259 Å². The van der Waals surface area contributed by atoms with Crippen molar-refractivity contribution in [1.29, 1.82) is 0 Å². The van der Waals surface area contributed by atoms with Crippen molar-refractivity contribution in [1.82, 2.24) is 0 Å². The van der Waals surface area contributed by atoms with E-state index < -0.39 is 97.5 Å². The summed E-state index contributed by atoms with van der Waals surface area (Å²) in [5.41, 5.74) is 0. The number of aliphatic hydroxyl groups is 1. The topological polar surface area (TPSA) is 237 Å². The van der Waals surface area contributed by atoms with Gasteiger partial charge in [0.05, 0.1) is 26.4 Å². The Bertz CT molecular complexity index is 3090. The smallest absolute Gasteiger partial charge is 0.462 e. The van der Waals surface area contributed by atoms with Crippen LogP contribution in [0.3, 0.4) is 0 Å². The van der Waals surface area contributed by atoms with E-state index in [4.69, 9.17) is 37.0 Å². The quantitative estimate of drug-likeness (QED) is 0.0169. The molecule has 0 aliphatic rings. The van der Waals surface area contributed by atoms with E-state index in [0.717, 1.165) is 161 Å². The Morgan fingerprint density at radius 2 is 0.455 bits per heavy atom. The van der Waals surface area contributed by atoms with Gasteiger partial charge in [-0.25, -0.2) is 9.13 Å². The molecule has 626 valence electrons. The Hall–Kier alpha value is -7.14. The number of rotatable bonds is 74. The number of phosphoric acid groups is 2. The third-order valence-corrected chi connectivity index (χ3v) is 17.7. The number of phosphoric ester groups is 2. The second-order valence-corrected chi connectivity index (χ2v) is 29.1. The van der Waals surface area contributed by atoms with Crippen molar-refractivity contribution < 1.29 is 80.2 Å². The highest BCUT2D eigenvalue weighted by Gasteiger charge is 2.30. The van der Waals surface area contributed by atoms with E-state index in [1.165, 1.54) is 0 Å². The lowest BCUT2D eigenvalue weighted by Crippen LogP contribution is -2.30. The largest absolute Gasteiger partial charge is 0.472 e. The Balaban J connectivity index is 5.59. The van der Waals surface area contributed by atoms with E-state index >= 15 is 0 Å². The molecule has 0 aromatic rings. The number of aliphatic hydroxyl groups excluding tert-OH is 1. The fraction of sp³-hybridized carbons (Fsp3) is 0.527. The Kier molecular flexibility index (Phi) is 76.6. The molecular weight excluding hydrogens is 1450 g/mol. The summed E-state index contributed by atoms with van der Waals surface area (Å²) >= 11 is 0. The van der Waals surface area contributed by atoms with Gasteiger partial charge in [0.25, 0.3) is 0 Å². The van der Waals surface area contributed by atoms with E-state index in [1.807, 2.05) is 42.5 Å². The maximum absolute atomic E-state index is 13.1. The standard InChI is InChI=1S/C93H142O17P2/c1-5-9-13-17-21-25-29-33-37-40-43-46-50-53-57-61-65-69-73-77-90(95)103-83-88(109-92(97)79-75-71-67-63-59-55-49-36-32-28-24-20-16-12-8-4)85-107-111(99,100)105-81-87(94)82-106-112(101,102)108-86-89(110-93(98)80-76-72-68-64-60-56-52-48-45-42-39-35-31-27-23-19-15-11-7-3)84-104-91(96)78-74-70-66-62-58-54-51-47-44-41-38-34-30-26-22-18-14-10-6-2/h9-16,21-28,33-39,43-49,53-54,57-59,63,65-66,69-70,87-89,94H,5-8,17-20,29-32,40-42,50-52,55-56,60-62,64,67-68,71-86H2,1-4H3,(H,99,100)(H,101,102)/b13-9-,14-10-,15-11-,16-12-,25-21-,26-22-,27-23-,28-24-,37-33-,38-34-,39-35-,46-43-,47-44-,48-45-,49-36-,57-53-,58-54-,63-59-,69-65-,70-66-. The van der Waals surface area contributed by atoms with Crippen molar-refractivity contribution in [3.05, 3.63) is 243 Å². The summed E-state index contributed by atoms with van der Waals surface area (Å²) in [4.78, 5) is 73.1. The SMILES string of the molecule is CC/C=C\C/C=C\C/C=C\C/C=C\C/C=C\C/C=C\CCC(=O)OCC(COP(=O)(O)OCC(O)COP(=O)(O)OCC(COC(=O)CC/C=C\C/C=C\C/C=C\C/C=C\C/C=C\C/C=C\CC)OC(=O)CCCCCCCC/C=C\C/C=C\C/C=C\C/C=C\CC)OC(=O)CCCC/C=C\C/C=C\C/C=C\C/C=C\CC. The second-order valence-electron chi connectivity index (χ2n) is 26.2. The number of allylic oxidation sites excluding steroid dienone is 40. The molecule has 0 aromatic carbocycles. The van der Waals surface area contributed by atoms with Gasteiger partial charge in [0.2, 0.25) is 0 Å². The van der Waals surface area contributed by atoms with Crippen molar-refractivity contribution >= 4 is 39.5 Å². The van der Waals surface area contributed by atoms with E-state index in [9.17, 15) is 43.2 Å². The van der Waals surface area contributed by atoms with Gasteiger partial charge in [0, 0.05) is 25.7 Å². The highest BCUT2D eigenvalue weighted by molar-refractivity contribution is 7.47. The molecule has 0 saturated carbocycles. The van der Waals surface area contributed by atoms with Gasteiger partial charge in [0.15, 0.2) is 12.2 Å². The van der Waals surface area contributed by atoms with E-state index in [1.54, 1.807) is 0 Å². The van der Waals surface area contributed by atoms with Crippen LogP contribution in [-0.2, 0) is 65.4 Å². The van der Waals surface area contributed by atoms with Gasteiger partial charge in [-0.05, 0) is 180 Å². The molecule has 112 heavy (non-hydrogen) atoms. The molecule has 0 amide bonds. The highest BCUT2D eigenvalue weighted by atomic mass is 31.2. The predicted molar refractivity (Wildman–Crippen MR) is 463 cm³/mol. The van der Waals surface area contributed by atoms with Crippen molar-refractivity contribution in [3.63, 3.8) is 0 Å². The van der Waals surface area contributed by atoms with Gasteiger partial charge in [-0.15, -0.1) is 0 Å². The summed E-state index contributed by atoms with van der Waals surface area (Å²) in [5.74, 6) is -2.47. The van der Waals surface area contributed by atoms with Crippen LogP contribution in [-0.4, -0.2) is 96.7 Å². The number of hydrogen-bond donors (Lipinski definition) is 3. The summed E-state index contributed by atoms with van der Waals surface area (Å²) in [6.07, 6.45) is 107. The Morgan fingerprint density at radius 3 is 0.723 bits per heavy atom. The second kappa shape index (κ2) is 81.9. The molecular formula is C93H142O17P2. The zero-order valence-corrected chi connectivity index (χ0v) is 70.3. The maximum Gasteiger partial charge on any atom is 0.472 e.